The molecule has 1 fully saturated rings. The van der Waals surface area contributed by atoms with E-state index in [1.165, 1.54) is 18.2 Å². The Bertz CT molecular complexity index is 399. The summed E-state index contributed by atoms with van der Waals surface area (Å²) in [7, 11) is 0. The van der Waals surface area contributed by atoms with Crippen molar-refractivity contribution in [2.24, 2.45) is 0 Å². The molecule has 17 heavy (non-hydrogen) atoms. The van der Waals surface area contributed by atoms with Crippen molar-refractivity contribution in [1.82, 2.24) is 5.32 Å². The summed E-state index contributed by atoms with van der Waals surface area (Å²) in [6.45, 7) is 0.447. The van der Waals surface area contributed by atoms with E-state index in [2.05, 4.69) is 10.1 Å². The smallest absolute Gasteiger partial charge is 0.405 e. The molecular formula is C11H11F4NO. The number of hydrogen-bond acceptors (Lipinski definition) is 2. The summed E-state index contributed by atoms with van der Waals surface area (Å²) in [5.74, 6) is -0.466. The van der Waals surface area contributed by atoms with Gasteiger partial charge in [0.1, 0.15) is 5.75 Å². The van der Waals surface area contributed by atoms with Gasteiger partial charge in [-0.15, -0.1) is 13.2 Å². The molecule has 0 saturated carbocycles. The maximum Gasteiger partial charge on any atom is 0.573 e. The van der Waals surface area contributed by atoms with Crippen molar-refractivity contribution in [2.75, 3.05) is 13.1 Å². The molecule has 94 valence electrons. The highest BCUT2D eigenvalue weighted by molar-refractivity contribution is 5.39. The number of benzene rings is 1. The van der Waals surface area contributed by atoms with Crippen LogP contribution in [0.3, 0.4) is 0 Å². The highest BCUT2D eigenvalue weighted by Crippen LogP contribution is 2.39. The van der Waals surface area contributed by atoms with Crippen LogP contribution in [0.2, 0.25) is 0 Å². The second-order valence-electron chi connectivity index (χ2n) is 3.94. The Labute approximate surface area is 95.6 Å². The average Bonchev–Trinajstić information content (AvgIpc) is 2.64. The fraction of sp³-hybridized carbons (Fsp3) is 0.455. The maximum atomic E-state index is 14.4. The van der Waals surface area contributed by atoms with Gasteiger partial charge in [-0.1, -0.05) is 18.2 Å². The first-order valence-electron chi connectivity index (χ1n) is 5.16. The van der Waals surface area contributed by atoms with Crippen LogP contribution in [0.15, 0.2) is 24.3 Å². The van der Waals surface area contributed by atoms with Crippen molar-refractivity contribution >= 4 is 0 Å². The molecule has 0 aromatic heterocycles. The van der Waals surface area contributed by atoms with Crippen LogP contribution in [0.25, 0.3) is 0 Å². The molecule has 0 bridgehead atoms. The summed E-state index contributed by atoms with van der Waals surface area (Å²) in [6.07, 6.45) is -4.66. The van der Waals surface area contributed by atoms with E-state index >= 15 is 0 Å². The first-order chi connectivity index (χ1) is 7.91. The molecule has 6 heteroatoms. The average molecular weight is 249 g/mol. The number of hydrogen-bond donors (Lipinski definition) is 1. The molecule has 0 unspecified atom stereocenters. The molecule has 0 radical (unpaired) electrons. The van der Waals surface area contributed by atoms with Crippen molar-refractivity contribution in [3.8, 4) is 5.75 Å². The zero-order valence-corrected chi connectivity index (χ0v) is 8.85. The summed E-state index contributed by atoms with van der Waals surface area (Å²) < 4.78 is 54.7. The van der Waals surface area contributed by atoms with Gasteiger partial charge in [-0.25, -0.2) is 4.39 Å². The Morgan fingerprint density at radius 1 is 1.24 bits per heavy atom. The first kappa shape index (κ1) is 12.2. The Balaban J connectivity index is 2.33. The predicted molar refractivity (Wildman–Crippen MR) is 53.4 cm³/mol. The standard InChI is InChI=1S/C11H11F4NO/c12-10(5-6-16-7-10)8-3-1-2-4-9(8)17-11(13,14)15/h1-4,16H,5-7H2/t10-/m0/s1. The van der Waals surface area contributed by atoms with Gasteiger partial charge >= 0.3 is 6.36 Å². The number of nitrogens with one attached hydrogen (secondary N) is 1. The number of ether oxygens (including phenoxy) is 1. The Hall–Kier alpha value is -1.30. The lowest BCUT2D eigenvalue weighted by Gasteiger charge is -2.22. The van der Waals surface area contributed by atoms with Crippen molar-refractivity contribution < 1.29 is 22.3 Å². The summed E-state index contributed by atoms with van der Waals surface area (Å²) in [5, 5.41) is 2.79. The summed E-state index contributed by atoms with van der Waals surface area (Å²) in [6, 6.07) is 5.34. The SMILES string of the molecule is FC(F)(F)Oc1ccccc1[C@]1(F)CCNC1. The topological polar surface area (TPSA) is 21.3 Å². The molecule has 1 aliphatic heterocycles. The van der Waals surface area contributed by atoms with E-state index < -0.39 is 17.8 Å². The molecule has 0 aliphatic carbocycles. The normalized spacial score (nSPS) is 24.9. The van der Waals surface area contributed by atoms with E-state index in [9.17, 15) is 17.6 Å². The Morgan fingerprint density at radius 2 is 1.94 bits per heavy atom. The molecular weight excluding hydrogens is 238 g/mol. The minimum Gasteiger partial charge on any atom is -0.405 e. The van der Waals surface area contributed by atoms with Crippen LogP contribution in [0.1, 0.15) is 12.0 Å². The Morgan fingerprint density at radius 3 is 2.53 bits per heavy atom. The minimum atomic E-state index is -4.81. The van der Waals surface area contributed by atoms with Gasteiger partial charge in [-0.3, -0.25) is 0 Å². The van der Waals surface area contributed by atoms with E-state index in [1.807, 2.05) is 0 Å². The predicted octanol–water partition coefficient (Wildman–Crippen LogP) is 2.74. The second-order valence-corrected chi connectivity index (χ2v) is 3.94. The van der Waals surface area contributed by atoms with Gasteiger partial charge < -0.3 is 10.1 Å². The third kappa shape index (κ3) is 2.69. The summed E-state index contributed by atoms with van der Waals surface area (Å²) >= 11 is 0. The number of rotatable bonds is 2. The van der Waals surface area contributed by atoms with Gasteiger partial charge in [0, 0.05) is 12.1 Å². The van der Waals surface area contributed by atoms with Gasteiger partial charge in [-0.2, -0.15) is 0 Å². The van der Waals surface area contributed by atoms with Gasteiger partial charge in [0.05, 0.1) is 0 Å². The van der Waals surface area contributed by atoms with E-state index in [0.717, 1.165) is 6.07 Å². The van der Waals surface area contributed by atoms with Gasteiger partial charge in [0.2, 0.25) is 0 Å². The van der Waals surface area contributed by atoms with E-state index in [-0.39, 0.29) is 18.5 Å². The highest BCUT2D eigenvalue weighted by Gasteiger charge is 2.40. The van der Waals surface area contributed by atoms with Crippen LogP contribution in [0.4, 0.5) is 17.6 Å². The molecule has 1 aliphatic rings. The number of halogens is 4. The molecule has 1 saturated heterocycles. The van der Waals surface area contributed by atoms with E-state index in [0.29, 0.717) is 6.54 Å². The van der Waals surface area contributed by atoms with Crippen LogP contribution < -0.4 is 10.1 Å². The van der Waals surface area contributed by atoms with Crippen LogP contribution in [-0.2, 0) is 5.67 Å². The fourth-order valence-corrected chi connectivity index (χ4v) is 1.94. The van der Waals surface area contributed by atoms with E-state index in [1.54, 1.807) is 0 Å². The minimum absolute atomic E-state index is 0.00519. The monoisotopic (exact) mass is 249 g/mol. The molecule has 1 aromatic rings. The van der Waals surface area contributed by atoms with Crippen molar-refractivity contribution in [1.29, 1.82) is 0 Å². The molecule has 1 N–H and O–H groups in total. The quantitative estimate of drug-likeness (QED) is 0.814. The molecule has 0 spiro atoms. The lowest BCUT2D eigenvalue weighted by Crippen LogP contribution is -2.26. The van der Waals surface area contributed by atoms with E-state index in [4.69, 9.17) is 0 Å². The first-order valence-corrected chi connectivity index (χ1v) is 5.16. The molecule has 1 aromatic carbocycles. The zero-order chi connectivity index (χ0) is 12.5. The second kappa shape index (κ2) is 4.18. The summed E-state index contributed by atoms with van der Waals surface area (Å²) in [5.41, 5.74) is -1.84. The zero-order valence-electron chi connectivity index (χ0n) is 8.85. The summed E-state index contributed by atoms with van der Waals surface area (Å²) in [4.78, 5) is 0. The lowest BCUT2D eigenvalue weighted by molar-refractivity contribution is -0.275. The highest BCUT2D eigenvalue weighted by atomic mass is 19.4. The van der Waals surface area contributed by atoms with Gasteiger partial charge in [0.25, 0.3) is 0 Å². The lowest BCUT2D eigenvalue weighted by atomic mass is 9.94. The molecule has 2 rings (SSSR count). The van der Waals surface area contributed by atoms with Crippen LogP contribution >= 0.6 is 0 Å². The number of para-hydroxylation sites is 1. The third-order valence-electron chi connectivity index (χ3n) is 2.70. The molecule has 1 atom stereocenters. The molecule has 1 heterocycles. The molecule has 2 nitrogen and oxygen atoms in total. The largest absolute Gasteiger partial charge is 0.573 e. The van der Waals surface area contributed by atoms with Crippen molar-refractivity contribution in [2.45, 2.75) is 18.5 Å². The fourth-order valence-electron chi connectivity index (χ4n) is 1.94. The van der Waals surface area contributed by atoms with Crippen molar-refractivity contribution in [3.05, 3.63) is 29.8 Å². The van der Waals surface area contributed by atoms with Crippen LogP contribution in [0, 0.1) is 0 Å². The van der Waals surface area contributed by atoms with Crippen molar-refractivity contribution in [3.63, 3.8) is 0 Å². The van der Waals surface area contributed by atoms with Gasteiger partial charge in [-0.05, 0) is 19.0 Å². The molecule has 0 amide bonds. The third-order valence-corrected chi connectivity index (χ3v) is 2.70. The van der Waals surface area contributed by atoms with Crippen LogP contribution in [0.5, 0.6) is 5.75 Å². The maximum absolute atomic E-state index is 14.4. The van der Waals surface area contributed by atoms with Crippen LogP contribution in [-0.4, -0.2) is 19.5 Å². The Kier molecular flexibility index (Phi) is 2.99. The van der Waals surface area contributed by atoms with Gasteiger partial charge in [0.15, 0.2) is 5.67 Å². The number of alkyl halides is 4.